The van der Waals surface area contributed by atoms with Crippen LogP contribution in [0.4, 0.5) is 0 Å². The minimum atomic E-state index is 0.160. The SMILES string of the molecule is CCCNC(c1ccsc1C)c1cccc2c1OCCO2. The van der Waals surface area contributed by atoms with Crippen molar-refractivity contribution in [1.82, 2.24) is 5.32 Å². The Kier molecular flexibility index (Phi) is 4.46. The zero-order valence-electron chi connectivity index (χ0n) is 12.5. The summed E-state index contributed by atoms with van der Waals surface area (Å²) >= 11 is 1.79. The summed E-state index contributed by atoms with van der Waals surface area (Å²) in [5.74, 6) is 1.75. The molecule has 1 aliphatic rings. The summed E-state index contributed by atoms with van der Waals surface area (Å²) in [7, 11) is 0. The molecule has 0 aliphatic carbocycles. The lowest BCUT2D eigenvalue weighted by Gasteiger charge is -2.26. The van der Waals surface area contributed by atoms with E-state index < -0.39 is 0 Å². The first-order chi connectivity index (χ1) is 10.3. The lowest BCUT2D eigenvalue weighted by atomic mass is 9.97. The Hall–Kier alpha value is -1.52. The standard InChI is InChI=1S/C17H21NO2S/c1-3-8-18-16(13-7-11-21-12(13)2)14-5-4-6-15-17(14)20-10-9-19-15/h4-7,11,16,18H,3,8-10H2,1-2H3. The van der Waals surface area contributed by atoms with Gasteiger partial charge in [-0.15, -0.1) is 11.3 Å². The second-order valence-electron chi connectivity index (χ2n) is 5.19. The molecule has 0 saturated carbocycles. The van der Waals surface area contributed by atoms with Crippen LogP contribution in [0.3, 0.4) is 0 Å². The zero-order chi connectivity index (χ0) is 14.7. The van der Waals surface area contributed by atoms with E-state index in [4.69, 9.17) is 9.47 Å². The fourth-order valence-electron chi connectivity index (χ4n) is 2.69. The fourth-order valence-corrected chi connectivity index (χ4v) is 3.43. The number of hydrogen-bond donors (Lipinski definition) is 1. The van der Waals surface area contributed by atoms with Gasteiger partial charge in [-0.2, -0.15) is 0 Å². The lowest BCUT2D eigenvalue weighted by Crippen LogP contribution is -2.25. The number of aryl methyl sites for hydroxylation is 1. The first-order valence-electron chi connectivity index (χ1n) is 7.47. The Balaban J connectivity index is 2.02. The molecule has 1 atom stereocenters. The molecule has 112 valence electrons. The van der Waals surface area contributed by atoms with Crippen molar-refractivity contribution in [3.8, 4) is 11.5 Å². The van der Waals surface area contributed by atoms with Crippen molar-refractivity contribution >= 4 is 11.3 Å². The summed E-state index contributed by atoms with van der Waals surface area (Å²) in [4.78, 5) is 1.35. The Labute approximate surface area is 129 Å². The Morgan fingerprint density at radius 2 is 2.05 bits per heavy atom. The molecule has 1 N–H and O–H groups in total. The summed E-state index contributed by atoms with van der Waals surface area (Å²) in [6.45, 7) is 6.58. The Morgan fingerprint density at radius 3 is 2.81 bits per heavy atom. The van der Waals surface area contributed by atoms with Crippen molar-refractivity contribution in [3.05, 3.63) is 45.6 Å². The number of benzene rings is 1. The van der Waals surface area contributed by atoms with Gasteiger partial charge in [0.05, 0.1) is 6.04 Å². The van der Waals surface area contributed by atoms with Gasteiger partial charge < -0.3 is 14.8 Å². The van der Waals surface area contributed by atoms with Gasteiger partial charge in [0.25, 0.3) is 0 Å². The third kappa shape index (κ3) is 2.92. The molecule has 1 unspecified atom stereocenters. The van der Waals surface area contributed by atoms with Crippen LogP contribution in [-0.4, -0.2) is 19.8 Å². The molecule has 2 heterocycles. The van der Waals surface area contributed by atoms with Crippen LogP contribution in [0.15, 0.2) is 29.6 Å². The van der Waals surface area contributed by atoms with Crippen LogP contribution in [0.2, 0.25) is 0 Å². The maximum Gasteiger partial charge on any atom is 0.166 e. The number of fused-ring (bicyclic) bond motifs is 1. The third-order valence-electron chi connectivity index (χ3n) is 3.72. The van der Waals surface area contributed by atoms with Crippen LogP contribution in [-0.2, 0) is 0 Å². The van der Waals surface area contributed by atoms with E-state index in [2.05, 4.69) is 36.7 Å². The maximum absolute atomic E-state index is 5.89. The molecule has 0 spiro atoms. The number of rotatable bonds is 5. The van der Waals surface area contributed by atoms with Crippen molar-refractivity contribution in [1.29, 1.82) is 0 Å². The van der Waals surface area contributed by atoms with E-state index in [9.17, 15) is 0 Å². The Morgan fingerprint density at radius 1 is 1.19 bits per heavy atom. The number of ether oxygens (including phenoxy) is 2. The minimum absolute atomic E-state index is 0.160. The second kappa shape index (κ2) is 6.50. The largest absolute Gasteiger partial charge is 0.486 e. The van der Waals surface area contributed by atoms with Crippen LogP contribution in [0.1, 0.15) is 35.4 Å². The average Bonchev–Trinajstić information content (AvgIpc) is 2.94. The van der Waals surface area contributed by atoms with Crippen LogP contribution < -0.4 is 14.8 Å². The minimum Gasteiger partial charge on any atom is -0.486 e. The van der Waals surface area contributed by atoms with Crippen molar-refractivity contribution in [2.75, 3.05) is 19.8 Å². The van der Waals surface area contributed by atoms with E-state index >= 15 is 0 Å². The molecule has 0 bridgehead atoms. The highest BCUT2D eigenvalue weighted by Gasteiger charge is 2.24. The predicted molar refractivity (Wildman–Crippen MR) is 86.6 cm³/mol. The molecule has 3 nitrogen and oxygen atoms in total. The van der Waals surface area contributed by atoms with E-state index in [0.29, 0.717) is 13.2 Å². The van der Waals surface area contributed by atoms with E-state index in [1.165, 1.54) is 16.0 Å². The quantitative estimate of drug-likeness (QED) is 0.908. The van der Waals surface area contributed by atoms with Gasteiger partial charge in [-0.3, -0.25) is 0 Å². The molecule has 3 rings (SSSR count). The molecule has 1 aliphatic heterocycles. The average molecular weight is 303 g/mol. The van der Waals surface area contributed by atoms with E-state index in [1.54, 1.807) is 11.3 Å². The number of thiophene rings is 1. The first kappa shape index (κ1) is 14.4. The van der Waals surface area contributed by atoms with Crippen LogP contribution in [0.25, 0.3) is 0 Å². The van der Waals surface area contributed by atoms with Crippen LogP contribution in [0, 0.1) is 6.92 Å². The van der Waals surface area contributed by atoms with Gasteiger partial charge in [0.2, 0.25) is 0 Å². The highest BCUT2D eigenvalue weighted by molar-refractivity contribution is 7.10. The van der Waals surface area contributed by atoms with E-state index in [-0.39, 0.29) is 6.04 Å². The van der Waals surface area contributed by atoms with E-state index in [1.807, 2.05) is 12.1 Å². The van der Waals surface area contributed by atoms with Gasteiger partial charge in [-0.05, 0) is 43.0 Å². The van der Waals surface area contributed by atoms with Crippen molar-refractivity contribution in [3.63, 3.8) is 0 Å². The molecule has 1 aromatic heterocycles. The summed E-state index contributed by atoms with van der Waals surface area (Å²) < 4.78 is 11.6. The van der Waals surface area contributed by atoms with Gasteiger partial charge >= 0.3 is 0 Å². The molecule has 0 fully saturated rings. The van der Waals surface area contributed by atoms with Crippen molar-refractivity contribution in [2.24, 2.45) is 0 Å². The molecule has 2 aromatic rings. The molecule has 4 heteroatoms. The highest BCUT2D eigenvalue weighted by atomic mass is 32.1. The lowest BCUT2D eigenvalue weighted by molar-refractivity contribution is 0.169. The van der Waals surface area contributed by atoms with Crippen molar-refractivity contribution < 1.29 is 9.47 Å². The number of para-hydroxylation sites is 1. The topological polar surface area (TPSA) is 30.5 Å². The Bertz CT molecular complexity index is 609. The second-order valence-corrected chi connectivity index (χ2v) is 6.31. The van der Waals surface area contributed by atoms with Crippen LogP contribution >= 0.6 is 11.3 Å². The number of nitrogens with one attached hydrogen (secondary N) is 1. The first-order valence-corrected chi connectivity index (χ1v) is 8.35. The molecule has 1 aromatic carbocycles. The molecule has 0 radical (unpaired) electrons. The molecule has 0 saturated heterocycles. The predicted octanol–water partition coefficient (Wildman–Crippen LogP) is 3.92. The molecule has 0 amide bonds. The molecular weight excluding hydrogens is 282 g/mol. The smallest absolute Gasteiger partial charge is 0.166 e. The third-order valence-corrected chi connectivity index (χ3v) is 4.58. The van der Waals surface area contributed by atoms with Gasteiger partial charge in [0, 0.05) is 10.4 Å². The van der Waals surface area contributed by atoms with E-state index in [0.717, 1.165) is 24.5 Å². The molecule has 21 heavy (non-hydrogen) atoms. The van der Waals surface area contributed by atoms with Gasteiger partial charge in [0.15, 0.2) is 11.5 Å². The summed E-state index contributed by atoms with van der Waals surface area (Å²) in [5, 5.41) is 5.80. The monoisotopic (exact) mass is 303 g/mol. The summed E-state index contributed by atoms with van der Waals surface area (Å²) in [6, 6.07) is 8.53. The van der Waals surface area contributed by atoms with Crippen LogP contribution in [0.5, 0.6) is 11.5 Å². The summed E-state index contributed by atoms with van der Waals surface area (Å²) in [5.41, 5.74) is 2.50. The highest BCUT2D eigenvalue weighted by Crippen LogP contribution is 2.40. The summed E-state index contributed by atoms with van der Waals surface area (Å²) in [6.07, 6.45) is 1.10. The van der Waals surface area contributed by atoms with Crippen molar-refractivity contribution in [2.45, 2.75) is 26.3 Å². The van der Waals surface area contributed by atoms with Gasteiger partial charge in [-0.25, -0.2) is 0 Å². The fraction of sp³-hybridized carbons (Fsp3) is 0.412. The normalized spacial score (nSPS) is 15.0. The molecular formula is C17H21NO2S. The number of hydrogen-bond acceptors (Lipinski definition) is 4. The zero-order valence-corrected chi connectivity index (χ0v) is 13.3. The maximum atomic E-state index is 5.89. The van der Waals surface area contributed by atoms with Gasteiger partial charge in [0.1, 0.15) is 13.2 Å². The van der Waals surface area contributed by atoms with Gasteiger partial charge in [-0.1, -0.05) is 19.1 Å².